The molecule has 0 saturated carbocycles. The summed E-state index contributed by atoms with van der Waals surface area (Å²) in [5.74, 6) is -0.358. The number of hydrogen-bond acceptors (Lipinski definition) is 5. The molecule has 2 aliphatic heterocycles. The highest BCUT2D eigenvalue weighted by atomic mass is 35.5. The van der Waals surface area contributed by atoms with E-state index in [1.807, 2.05) is 0 Å². The van der Waals surface area contributed by atoms with Gasteiger partial charge in [0, 0.05) is 43.7 Å². The molecule has 0 aliphatic carbocycles. The normalized spacial score (nSPS) is 20.8. The number of anilines is 1. The molecule has 178 valence electrons. The summed E-state index contributed by atoms with van der Waals surface area (Å²) in [4.78, 5) is 27.8. The van der Waals surface area contributed by atoms with Gasteiger partial charge in [-0.05, 0) is 24.6 Å². The zero-order chi connectivity index (χ0) is 23.8. The first-order valence-electron chi connectivity index (χ1n) is 10.6. The molecule has 2 aliphatic rings. The molecule has 33 heavy (non-hydrogen) atoms. The number of piperazine rings is 1. The van der Waals surface area contributed by atoms with Crippen molar-refractivity contribution in [2.75, 3.05) is 38.1 Å². The lowest BCUT2D eigenvalue weighted by molar-refractivity contribution is -0.173. The maximum atomic E-state index is 13.9. The highest BCUT2D eigenvalue weighted by Gasteiger charge is 2.47. The molecule has 3 heterocycles. The summed E-state index contributed by atoms with van der Waals surface area (Å²) >= 11 is 5.90. The summed E-state index contributed by atoms with van der Waals surface area (Å²) < 4.78 is 47.4. The zero-order valence-corrected chi connectivity index (χ0v) is 18.6. The lowest BCUT2D eigenvalue weighted by Crippen LogP contribution is -2.50. The van der Waals surface area contributed by atoms with Crippen LogP contribution < -0.4 is 5.32 Å². The van der Waals surface area contributed by atoms with Crippen molar-refractivity contribution in [3.05, 3.63) is 46.6 Å². The summed E-state index contributed by atoms with van der Waals surface area (Å²) in [6.07, 6.45) is -5.27. The van der Waals surface area contributed by atoms with Gasteiger partial charge in [0.15, 0.2) is 11.7 Å². The largest absolute Gasteiger partial charge is 0.450 e. The monoisotopic (exact) mass is 485 g/mol. The Morgan fingerprint density at radius 2 is 1.79 bits per heavy atom. The molecule has 0 bridgehead atoms. The Balaban J connectivity index is 1.53. The molecule has 1 fully saturated rings. The van der Waals surface area contributed by atoms with Crippen molar-refractivity contribution in [2.24, 2.45) is 0 Å². The first-order valence-corrected chi connectivity index (χ1v) is 10.9. The van der Waals surface area contributed by atoms with Gasteiger partial charge in [0.05, 0.1) is 12.6 Å². The molecule has 2 aromatic rings. The van der Waals surface area contributed by atoms with Gasteiger partial charge in [-0.3, -0.25) is 4.79 Å². The third-order valence-corrected chi connectivity index (χ3v) is 6.03. The zero-order valence-electron chi connectivity index (χ0n) is 17.8. The highest BCUT2D eigenvalue weighted by molar-refractivity contribution is 6.30. The van der Waals surface area contributed by atoms with Gasteiger partial charge in [-0.15, -0.1) is 0 Å². The van der Waals surface area contributed by atoms with Crippen molar-refractivity contribution < 1.29 is 27.5 Å². The fourth-order valence-corrected chi connectivity index (χ4v) is 4.19. The summed E-state index contributed by atoms with van der Waals surface area (Å²) in [5.41, 5.74) is 0.581. The number of rotatable bonds is 3. The first-order chi connectivity index (χ1) is 15.7. The topological polar surface area (TPSA) is 79.7 Å². The van der Waals surface area contributed by atoms with Gasteiger partial charge in [-0.2, -0.15) is 18.3 Å². The maximum absolute atomic E-state index is 13.9. The van der Waals surface area contributed by atoms with E-state index in [0.717, 1.165) is 4.68 Å². The number of ether oxygens (including phenoxy) is 1. The minimum atomic E-state index is -4.54. The Kier molecular flexibility index (Phi) is 6.42. The Labute approximate surface area is 193 Å². The third-order valence-electron chi connectivity index (χ3n) is 5.77. The standard InChI is InChI=1S/C21H23ClF3N5O3/c1-2-33-20(32)29-9-7-28(8-10-29)19(31)16-12-18-26-15(13-3-5-14(22)6-4-13)11-17(21(23,24)25)30(18)27-16/h3-6,12,15,17,26H,2,7-11H2,1H3/t15-,17+/m1/s1. The van der Waals surface area contributed by atoms with Crippen LogP contribution in [-0.4, -0.2) is 70.5 Å². The highest BCUT2D eigenvalue weighted by Crippen LogP contribution is 2.43. The number of carbonyl (C=O) groups excluding carboxylic acids is 2. The molecule has 2 amide bonds. The summed E-state index contributed by atoms with van der Waals surface area (Å²) in [5, 5.41) is 7.57. The molecular weight excluding hydrogens is 463 g/mol. The van der Waals surface area contributed by atoms with Crippen LogP contribution in [0.4, 0.5) is 23.8 Å². The number of nitrogens with zero attached hydrogens (tertiary/aromatic N) is 4. The van der Waals surface area contributed by atoms with Gasteiger partial charge in [0.25, 0.3) is 5.91 Å². The molecule has 4 rings (SSSR count). The second kappa shape index (κ2) is 9.12. The second-order valence-corrected chi connectivity index (χ2v) is 8.32. The number of amides is 2. The Hall–Kier alpha value is -2.95. The predicted molar refractivity (Wildman–Crippen MR) is 114 cm³/mol. The molecule has 12 heteroatoms. The van der Waals surface area contributed by atoms with Gasteiger partial charge in [0.1, 0.15) is 5.82 Å². The molecule has 8 nitrogen and oxygen atoms in total. The molecule has 1 aromatic carbocycles. The average Bonchev–Trinajstić information content (AvgIpc) is 3.22. The SMILES string of the molecule is CCOC(=O)N1CCN(C(=O)c2cc3n(n2)[C@H](C(F)(F)F)C[C@H](c2ccc(Cl)cc2)N3)CC1. The van der Waals surface area contributed by atoms with Crippen LogP contribution in [0.15, 0.2) is 30.3 Å². The molecular formula is C21H23ClF3N5O3. The third kappa shape index (κ3) is 4.87. The first kappa shape index (κ1) is 23.2. The number of fused-ring (bicyclic) bond motifs is 1. The predicted octanol–water partition coefficient (Wildman–Crippen LogP) is 4.11. The summed E-state index contributed by atoms with van der Waals surface area (Å²) in [6, 6.07) is 5.45. The van der Waals surface area contributed by atoms with Crippen LogP contribution in [-0.2, 0) is 4.74 Å². The van der Waals surface area contributed by atoms with E-state index in [0.29, 0.717) is 10.6 Å². The number of nitrogens with one attached hydrogen (secondary N) is 1. The van der Waals surface area contributed by atoms with E-state index < -0.39 is 30.3 Å². The van der Waals surface area contributed by atoms with Crippen LogP contribution in [0, 0.1) is 0 Å². The minimum absolute atomic E-state index is 0.0758. The van der Waals surface area contributed by atoms with Crippen molar-refractivity contribution in [2.45, 2.75) is 31.6 Å². The molecule has 0 radical (unpaired) electrons. The van der Waals surface area contributed by atoms with Gasteiger partial charge < -0.3 is 19.9 Å². The number of carbonyl (C=O) groups is 2. The second-order valence-electron chi connectivity index (χ2n) is 7.88. The fraction of sp³-hybridized carbons (Fsp3) is 0.476. The number of halogens is 4. The molecule has 2 atom stereocenters. The van der Waals surface area contributed by atoms with Gasteiger partial charge >= 0.3 is 12.3 Å². The average molecular weight is 486 g/mol. The minimum Gasteiger partial charge on any atom is -0.450 e. The number of benzene rings is 1. The van der Waals surface area contributed by atoms with E-state index in [1.165, 1.54) is 15.9 Å². The number of hydrogen-bond donors (Lipinski definition) is 1. The summed E-state index contributed by atoms with van der Waals surface area (Å²) in [7, 11) is 0. The Bertz CT molecular complexity index is 1020. The van der Waals surface area contributed by atoms with Gasteiger partial charge in [-0.25, -0.2) is 9.48 Å². The van der Waals surface area contributed by atoms with Crippen LogP contribution in [0.1, 0.15) is 41.5 Å². The quantitative estimate of drug-likeness (QED) is 0.707. The molecule has 1 N–H and O–H groups in total. The summed E-state index contributed by atoms with van der Waals surface area (Å²) in [6.45, 7) is 2.99. The van der Waals surface area contributed by atoms with Crippen molar-refractivity contribution in [3.63, 3.8) is 0 Å². The van der Waals surface area contributed by atoms with Gasteiger partial charge in [-0.1, -0.05) is 23.7 Å². The lowest BCUT2D eigenvalue weighted by Gasteiger charge is -2.33. The maximum Gasteiger partial charge on any atom is 0.410 e. The van der Waals surface area contributed by atoms with Crippen LogP contribution in [0.2, 0.25) is 5.02 Å². The van der Waals surface area contributed by atoms with E-state index in [4.69, 9.17) is 16.3 Å². The van der Waals surface area contributed by atoms with E-state index in [1.54, 1.807) is 31.2 Å². The van der Waals surface area contributed by atoms with Crippen LogP contribution in [0.25, 0.3) is 0 Å². The van der Waals surface area contributed by atoms with Crippen molar-refractivity contribution in [3.8, 4) is 0 Å². The Morgan fingerprint density at radius 3 is 2.39 bits per heavy atom. The lowest BCUT2D eigenvalue weighted by atomic mass is 9.97. The van der Waals surface area contributed by atoms with Crippen molar-refractivity contribution >= 4 is 29.4 Å². The fourth-order valence-electron chi connectivity index (χ4n) is 4.06. The Morgan fingerprint density at radius 1 is 1.15 bits per heavy atom. The van der Waals surface area contributed by atoms with E-state index in [-0.39, 0.29) is 50.7 Å². The van der Waals surface area contributed by atoms with E-state index in [2.05, 4.69) is 10.4 Å². The van der Waals surface area contributed by atoms with Crippen LogP contribution in [0.5, 0.6) is 0 Å². The number of aromatic nitrogens is 2. The van der Waals surface area contributed by atoms with Gasteiger partial charge in [0.2, 0.25) is 0 Å². The van der Waals surface area contributed by atoms with Crippen molar-refractivity contribution in [1.82, 2.24) is 19.6 Å². The van der Waals surface area contributed by atoms with E-state index in [9.17, 15) is 22.8 Å². The molecule has 1 saturated heterocycles. The molecule has 0 spiro atoms. The van der Waals surface area contributed by atoms with Crippen LogP contribution >= 0.6 is 11.6 Å². The smallest absolute Gasteiger partial charge is 0.410 e. The van der Waals surface area contributed by atoms with Crippen LogP contribution in [0.3, 0.4) is 0 Å². The number of alkyl halides is 3. The molecule has 0 unspecified atom stereocenters. The molecule has 1 aromatic heterocycles. The van der Waals surface area contributed by atoms with Crippen molar-refractivity contribution in [1.29, 1.82) is 0 Å². The van der Waals surface area contributed by atoms with E-state index >= 15 is 0 Å².